The van der Waals surface area contributed by atoms with Crippen LogP contribution in [0.5, 0.6) is 11.6 Å². The van der Waals surface area contributed by atoms with Gasteiger partial charge >= 0.3 is 12.4 Å². The predicted octanol–water partition coefficient (Wildman–Crippen LogP) is 6.60. The van der Waals surface area contributed by atoms with Gasteiger partial charge in [-0.3, -0.25) is 5.10 Å². The summed E-state index contributed by atoms with van der Waals surface area (Å²) < 4.78 is 82.3. The second-order valence-corrected chi connectivity index (χ2v) is 7.62. The number of hydrogen-bond acceptors (Lipinski definition) is 3. The van der Waals surface area contributed by atoms with Crippen molar-refractivity contribution in [2.75, 3.05) is 0 Å². The van der Waals surface area contributed by atoms with Crippen molar-refractivity contribution in [3.8, 4) is 23.0 Å². The van der Waals surface area contributed by atoms with Crippen LogP contribution in [-0.4, -0.2) is 15.2 Å². The van der Waals surface area contributed by atoms with E-state index < -0.39 is 29.0 Å². The lowest BCUT2D eigenvalue weighted by atomic mass is 9.87. The van der Waals surface area contributed by atoms with Crippen molar-refractivity contribution in [2.24, 2.45) is 0 Å². The second kappa shape index (κ2) is 7.33. The van der Waals surface area contributed by atoms with Crippen LogP contribution in [-0.2, 0) is 17.8 Å². The number of aromatic nitrogens is 3. The second-order valence-electron chi connectivity index (χ2n) is 7.62. The average molecular weight is 429 g/mol. The number of rotatable bonds is 3. The van der Waals surface area contributed by atoms with Crippen molar-refractivity contribution < 1.29 is 31.1 Å². The highest BCUT2D eigenvalue weighted by Crippen LogP contribution is 2.35. The molecule has 160 valence electrons. The van der Waals surface area contributed by atoms with E-state index in [1.54, 1.807) is 12.1 Å². The summed E-state index contributed by atoms with van der Waals surface area (Å²) in [5.41, 5.74) is -1.46. The number of aromatic amines is 1. The minimum atomic E-state index is -4.59. The number of alkyl halides is 6. The van der Waals surface area contributed by atoms with Crippen LogP contribution in [0.15, 0.2) is 42.5 Å². The van der Waals surface area contributed by atoms with Crippen molar-refractivity contribution in [1.82, 2.24) is 15.2 Å². The zero-order chi connectivity index (χ0) is 22.3. The number of halogens is 6. The monoisotopic (exact) mass is 429 g/mol. The maximum absolute atomic E-state index is 12.9. The molecule has 0 saturated carbocycles. The molecule has 30 heavy (non-hydrogen) atoms. The molecule has 1 aromatic carbocycles. The molecule has 2 aromatic heterocycles. The van der Waals surface area contributed by atoms with Crippen LogP contribution in [0.4, 0.5) is 26.3 Å². The molecule has 0 atom stereocenters. The quantitative estimate of drug-likeness (QED) is 0.478. The maximum Gasteiger partial charge on any atom is 0.432 e. The SMILES string of the molecule is CC(C)(C)c1cc(Oc2ccc(C(F)(F)F)cc2)nc(-c2cc(C(F)(F)F)[nH]n2)c1. The third kappa shape index (κ3) is 4.92. The fraction of sp³-hybridized carbons (Fsp3) is 0.300. The zero-order valence-corrected chi connectivity index (χ0v) is 16.1. The molecule has 1 N–H and O–H groups in total. The Bertz CT molecular complexity index is 1030. The topological polar surface area (TPSA) is 50.8 Å². The van der Waals surface area contributed by atoms with Gasteiger partial charge in [0.25, 0.3) is 0 Å². The minimum Gasteiger partial charge on any atom is -0.439 e. The lowest BCUT2D eigenvalue weighted by Crippen LogP contribution is -2.12. The van der Waals surface area contributed by atoms with Crippen LogP contribution >= 0.6 is 0 Å². The maximum atomic E-state index is 12.9. The van der Waals surface area contributed by atoms with Crippen LogP contribution in [0.1, 0.15) is 37.6 Å². The van der Waals surface area contributed by atoms with Gasteiger partial charge in [0, 0.05) is 6.07 Å². The standard InChI is InChI=1S/C20H17F6N3O/c1-18(2,3)12-8-14(15-10-16(29-28-15)20(24,25)26)27-17(9-12)30-13-6-4-11(5-7-13)19(21,22)23/h4-10H,1-3H3,(H,28,29). The van der Waals surface area contributed by atoms with Crippen molar-refractivity contribution in [3.05, 3.63) is 59.3 Å². The summed E-state index contributed by atoms with van der Waals surface area (Å²) >= 11 is 0. The Morgan fingerprint density at radius 1 is 0.767 bits per heavy atom. The Morgan fingerprint density at radius 2 is 1.40 bits per heavy atom. The van der Waals surface area contributed by atoms with E-state index in [2.05, 4.69) is 10.1 Å². The van der Waals surface area contributed by atoms with E-state index in [0.717, 1.165) is 30.3 Å². The first-order chi connectivity index (χ1) is 13.7. The van der Waals surface area contributed by atoms with Crippen LogP contribution in [0.2, 0.25) is 0 Å². The zero-order valence-electron chi connectivity index (χ0n) is 16.1. The Kier molecular flexibility index (Phi) is 5.30. The highest BCUT2D eigenvalue weighted by molar-refractivity contribution is 5.57. The molecule has 3 rings (SSSR count). The van der Waals surface area contributed by atoms with Crippen molar-refractivity contribution in [3.63, 3.8) is 0 Å². The molecule has 0 aliphatic rings. The molecular formula is C20H17F6N3O. The molecule has 4 nitrogen and oxygen atoms in total. The highest BCUT2D eigenvalue weighted by Gasteiger charge is 2.33. The first kappa shape index (κ1) is 21.7. The number of benzene rings is 1. The molecule has 0 bridgehead atoms. The van der Waals surface area contributed by atoms with E-state index in [1.807, 2.05) is 25.9 Å². The molecule has 2 heterocycles. The number of pyridine rings is 1. The summed E-state index contributed by atoms with van der Waals surface area (Å²) in [6.07, 6.45) is -9.07. The number of H-pyrrole nitrogens is 1. The molecule has 0 radical (unpaired) electrons. The third-order valence-electron chi connectivity index (χ3n) is 4.22. The van der Waals surface area contributed by atoms with Gasteiger partial charge < -0.3 is 4.74 Å². The van der Waals surface area contributed by atoms with Crippen LogP contribution in [0.3, 0.4) is 0 Å². The largest absolute Gasteiger partial charge is 0.439 e. The van der Waals surface area contributed by atoms with E-state index in [9.17, 15) is 26.3 Å². The number of nitrogens with one attached hydrogen (secondary N) is 1. The van der Waals surface area contributed by atoms with E-state index in [-0.39, 0.29) is 23.0 Å². The van der Waals surface area contributed by atoms with Crippen molar-refractivity contribution in [2.45, 2.75) is 38.5 Å². The fourth-order valence-corrected chi connectivity index (χ4v) is 2.55. The molecule has 0 fully saturated rings. The first-order valence-electron chi connectivity index (χ1n) is 8.74. The molecular weight excluding hydrogens is 412 g/mol. The van der Waals surface area contributed by atoms with E-state index in [4.69, 9.17) is 4.74 Å². The van der Waals surface area contributed by atoms with Crippen LogP contribution < -0.4 is 4.74 Å². The van der Waals surface area contributed by atoms with Crippen LogP contribution in [0.25, 0.3) is 11.4 Å². The van der Waals surface area contributed by atoms with E-state index >= 15 is 0 Å². The molecule has 10 heteroatoms. The van der Waals surface area contributed by atoms with E-state index in [0.29, 0.717) is 5.56 Å². The van der Waals surface area contributed by atoms with Crippen molar-refractivity contribution in [1.29, 1.82) is 0 Å². The van der Waals surface area contributed by atoms with Crippen LogP contribution in [0, 0.1) is 0 Å². The summed E-state index contributed by atoms with van der Waals surface area (Å²) in [6.45, 7) is 5.67. The number of nitrogens with zero attached hydrogens (tertiary/aromatic N) is 2. The summed E-state index contributed by atoms with van der Waals surface area (Å²) in [5, 5.41) is 5.60. The molecule has 3 aromatic rings. The van der Waals surface area contributed by atoms with Gasteiger partial charge in [-0.25, -0.2) is 4.98 Å². The average Bonchev–Trinajstić information content (AvgIpc) is 3.11. The van der Waals surface area contributed by atoms with Crippen molar-refractivity contribution >= 4 is 0 Å². The molecule has 0 aliphatic heterocycles. The van der Waals surface area contributed by atoms with E-state index in [1.165, 1.54) is 0 Å². The lowest BCUT2D eigenvalue weighted by Gasteiger charge is -2.20. The Morgan fingerprint density at radius 3 is 1.90 bits per heavy atom. The summed E-state index contributed by atoms with van der Waals surface area (Å²) in [5.74, 6) is 0.124. The van der Waals surface area contributed by atoms with Gasteiger partial charge in [-0.1, -0.05) is 20.8 Å². The summed E-state index contributed by atoms with van der Waals surface area (Å²) in [6, 6.07) is 8.03. The Labute approximate surface area is 167 Å². The van der Waals surface area contributed by atoms with Gasteiger partial charge in [-0.2, -0.15) is 31.4 Å². The van der Waals surface area contributed by atoms with Gasteiger partial charge in [-0.15, -0.1) is 0 Å². The van der Waals surface area contributed by atoms with Gasteiger partial charge in [0.15, 0.2) is 0 Å². The molecule has 0 aliphatic carbocycles. The smallest absolute Gasteiger partial charge is 0.432 e. The molecule has 0 unspecified atom stereocenters. The van der Waals surface area contributed by atoms with Gasteiger partial charge in [0.05, 0.1) is 11.3 Å². The predicted molar refractivity (Wildman–Crippen MR) is 97.0 cm³/mol. The first-order valence-corrected chi connectivity index (χ1v) is 8.74. The molecule has 0 spiro atoms. The Balaban J connectivity index is 1.98. The summed E-state index contributed by atoms with van der Waals surface area (Å²) in [7, 11) is 0. The fourth-order valence-electron chi connectivity index (χ4n) is 2.55. The normalized spacial score (nSPS) is 12.8. The molecule has 0 amide bonds. The highest BCUT2D eigenvalue weighted by atomic mass is 19.4. The van der Waals surface area contributed by atoms with Gasteiger partial charge in [-0.05, 0) is 47.4 Å². The third-order valence-corrected chi connectivity index (χ3v) is 4.22. The molecule has 0 saturated heterocycles. The van der Waals surface area contributed by atoms with Gasteiger partial charge in [0.1, 0.15) is 17.1 Å². The van der Waals surface area contributed by atoms with Gasteiger partial charge in [0.2, 0.25) is 5.88 Å². The Hall–Kier alpha value is -3.04. The minimum absolute atomic E-state index is 0.0220. The number of hydrogen-bond donors (Lipinski definition) is 1. The summed E-state index contributed by atoms with van der Waals surface area (Å²) in [4.78, 5) is 4.18. The lowest BCUT2D eigenvalue weighted by molar-refractivity contribution is -0.141. The number of ether oxygens (including phenoxy) is 1.